The van der Waals surface area contributed by atoms with E-state index in [-0.39, 0.29) is 10.8 Å². The van der Waals surface area contributed by atoms with Crippen LogP contribution in [0.3, 0.4) is 0 Å². The van der Waals surface area contributed by atoms with Gasteiger partial charge in [0.1, 0.15) is 0 Å². The van der Waals surface area contributed by atoms with Gasteiger partial charge >= 0.3 is 0 Å². The lowest BCUT2D eigenvalue weighted by atomic mass is 10.1. The van der Waals surface area contributed by atoms with Gasteiger partial charge in [-0.25, -0.2) is 8.42 Å². The Morgan fingerprint density at radius 1 is 1.00 bits per heavy atom. The first kappa shape index (κ1) is 20.0. The van der Waals surface area contributed by atoms with E-state index in [1.807, 2.05) is 33.8 Å². The standard InChI is InChI=1S/C20H26N2O3S/c1-13(2)12-21-20(23)19-11-18(7-6-16(19)5)26(24,25)22-17-9-14(3)8-15(4)10-17/h6-11,13,22H,12H2,1-5H3,(H,21,23). The summed E-state index contributed by atoms with van der Waals surface area (Å²) in [5, 5.41) is 2.83. The molecule has 0 atom stereocenters. The topological polar surface area (TPSA) is 75.3 Å². The largest absolute Gasteiger partial charge is 0.352 e. The fourth-order valence-electron chi connectivity index (χ4n) is 2.65. The summed E-state index contributed by atoms with van der Waals surface area (Å²) in [5.74, 6) is 0.0528. The molecule has 2 aromatic carbocycles. The average Bonchev–Trinajstić information content (AvgIpc) is 2.51. The molecule has 6 heteroatoms. The number of hydrogen-bond acceptors (Lipinski definition) is 3. The predicted molar refractivity (Wildman–Crippen MR) is 105 cm³/mol. The van der Waals surface area contributed by atoms with Crippen molar-refractivity contribution >= 4 is 21.6 Å². The molecule has 2 aromatic rings. The first-order chi connectivity index (χ1) is 12.1. The SMILES string of the molecule is Cc1cc(C)cc(NS(=O)(=O)c2ccc(C)c(C(=O)NCC(C)C)c2)c1. The molecular formula is C20H26N2O3S. The summed E-state index contributed by atoms with van der Waals surface area (Å²) in [6.07, 6.45) is 0. The maximum Gasteiger partial charge on any atom is 0.261 e. The second kappa shape index (κ2) is 7.91. The minimum Gasteiger partial charge on any atom is -0.352 e. The van der Waals surface area contributed by atoms with Gasteiger partial charge in [0.25, 0.3) is 15.9 Å². The molecule has 5 nitrogen and oxygen atoms in total. The smallest absolute Gasteiger partial charge is 0.261 e. The van der Waals surface area contributed by atoms with Crippen LogP contribution in [0.5, 0.6) is 0 Å². The first-order valence-electron chi connectivity index (χ1n) is 8.58. The molecule has 0 bridgehead atoms. The van der Waals surface area contributed by atoms with Gasteiger partial charge in [-0.15, -0.1) is 0 Å². The molecular weight excluding hydrogens is 348 g/mol. The van der Waals surface area contributed by atoms with Crippen LogP contribution in [0.2, 0.25) is 0 Å². The summed E-state index contributed by atoms with van der Waals surface area (Å²) in [6.45, 7) is 10.2. The third-order valence-electron chi connectivity index (χ3n) is 3.91. The summed E-state index contributed by atoms with van der Waals surface area (Å²) >= 11 is 0. The lowest BCUT2D eigenvalue weighted by molar-refractivity contribution is 0.0948. The van der Waals surface area contributed by atoms with Gasteiger partial charge in [-0.05, 0) is 67.6 Å². The molecule has 0 saturated carbocycles. The molecule has 0 radical (unpaired) electrons. The van der Waals surface area contributed by atoms with Crippen LogP contribution in [0.15, 0.2) is 41.3 Å². The monoisotopic (exact) mass is 374 g/mol. The van der Waals surface area contributed by atoms with Gasteiger partial charge in [0.2, 0.25) is 0 Å². The van der Waals surface area contributed by atoms with Crippen LogP contribution in [0.25, 0.3) is 0 Å². The fourth-order valence-corrected chi connectivity index (χ4v) is 3.72. The van der Waals surface area contributed by atoms with Gasteiger partial charge in [0, 0.05) is 17.8 Å². The molecule has 2 rings (SSSR count). The Balaban J connectivity index is 2.32. The molecule has 0 aliphatic heterocycles. The van der Waals surface area contributed by atoms with E-state index in [2.05, 4.69) is 10.0 Å². The van der Waals surface area contributed by atoms with E-state index in [0.29, 0.717) is 23.7 Å². The molecule has 0 aliphatic carbocycles. The molecule has 140 valence electrons. The van der Waals surface area contributed by atoms with E-state index in [1.54, 1.807) is 25.1 Å². The number of carbonyl (C=O) groups is 1. The maximum atomic E-state index is 12.7. The third kappa shape index (κ3) is 5.08. The molecule has 0 heterocycles. The highest BCUT2D eigenvalue weighted by molar-refractivity contribution is 7.92. The van der Waals surface area contributed by atoms with Crippen LogP contribution < -0.4 is 10.0 Å². The van der Waals surface area contributed by atoms with Crippen LogP contribution >= 0.6 is 0 Å². The van der Waals surface area contributed by atoms with E-state index < -0.39 is 10.0 Å². The van der Waals surface area contributed by atoms with Gasteiger partial charge < -0.3 is 5.32 Å². The van der Waals surface area contributed by atoms with Crippen LogP contribution in [0.4, 0.5) is 5.69 Å². The Labute approximate surface area is 155 Å². The predicted octanol–water partition coefficient (Wildman–Crippen LogP) is 3.80. The highest BCUT2D eigenvalue weighted by Gasteiger charge is 2.18. The fraction of sp³-hybridized carbons (Fsp3) is 0.350. The number of aryl methyl sites for hydroxylation is 3. The summed E-state index contributed by atoms with van der Waals surface area (Å²) in [5.41, 5.74) is 3.56. The molecule has 0 unspecified atom stereocenters. The number of sulfonamides is 1. The van der Waals surface area contributed by atoms with E-state index in [4.69, 9.17) is 0 Å². The second-order valence-corrected chi connectivity index (χ2v) is 8.74. The zero-order valence-electron chi connectivity index (χ0n) is 15.9. The highest BCUT2D eigenvalue weighted by Crippen LogP contribution is 2.21. The van der Waals surface area contributed by atoms with Crippen molar-refractivity contribution in [3.05, 3.63) is 58.7 Å². The molecule has 0 fully saturated rings. The van der Waals surface area contributed by atoms with Crippen molar-refractivity contribution in [2.24, 2.45) is 5.92 Å². The zero-order valence-corrected chi connectivity index (χ0v) is 16.7. The summed E-state index contributed by atoms with van der Waals surface area (Å²) in [4.78, 5) is 12.4. The van der Waals surface area contributed by atoms with Crippen molar-refractivity contribution in [2.45, 2.75) is 39.5 Å². The molecule has 0 spiro atoms. The van der Waals surface area contributed by atoms with Crippen molar-refractivity contribution in [1.29, 1.82) is 0 Å². The van der Waals surface area contributed by atoms with Gasteiger partial charge in [-0.2, -0.15) is 0 Å². The Morgan fingerprint density at radius 3 is 2.19 bits per heavy atom. The quantitative estimate of drug-likeness (QED) is 0.807. The minimum absolute atomic E-state index is 0.0666. The summed E-state index contributed by atoms with van der Waals surface area (Å²) < 4.78 is 28.1. The average molecular weight is 375 g/mol. The summed E-state index contributed by atoms with van der Waals surface area (Å²) in [6, 6.07) is 10.1. The van der Waals surface area contributed by atoms with Crippen molar-refractivity contribution in [3.63, 3.8) is 0 Å². The highest BCUT2D eigenvalue weighted by atomic mass is 32.2. The number of benzene rings is 2. The molecule has 26 heavy (non-hydrogen) atoms. The number of amides is 1. The Bertz CT molecular complexity index is 898. The van der Waals surface area contributed by atoms with Crippen molar-refractivity contribution in [3.8, 4) is 0 Å². The number of rotatable bonds is 6. The number of nitrogens with one attached hydrogen (secondary N) is 2. The van der Waals surface area contributed by atoms with Gasteiger partial charge in [-0.3, -0.25) is 9.52 Å². The number of hydrogen-bond donors (Lipinski definition) is 2. The Hall–Kier alpha value is -2.34. The first-order valence-corrected chi connectivity index (χ1v) is 10.1. The molecule has 0 aromatic heterocycles. The molecule has 1 amide bonds. The lowest BCUT2D eigenvalue weighted by Crippen LogP contribution is -2.28. The summed E-state index contributed by atoms with van der Waals surface area (Å²) in [7, 11) is -3.78. The van der Waals surface area contributed by atoms with Crippen molar-refractivity contribution in [1.82, 2.24) is 5.32 Å². The lowest BCUT2D eigenvalue weighted by Gasteiger charge is -2.13. The Morgan fingerprint density at radius 2 is 1.62 bits per heavy atom. The molecule has 0 saturated heterocycles. The minimum atomic E-state index is -3.78. The van der Waals surface area contributed by atoms with E-state index in [1.165, 1.54) is 12.1 Å². The van der Waals surface area contributed by atoms with Gasteiger partial charge in [0.15, 0.2) is 0 Å². The molecule has 0 aliphatic rings. The van der Waals surface area contributed by atoms with Gasteiger partial charge in [0.05, 0.1) is 4.90 Å². The van der Waals surface area contributed by atoms with Crippen LogP contribution in [-0.2, 0) is 10.0 Å². The number of carbonyl (C=O) groups excluding carboxylic acids is 1. The maximum absolute atomic E-state index is 12.7. The van der Waals surface area contributed by atoms with E-state index in [9.17, 15) is 13.2 Å². The molecule has 2 N–H and O–H groups in total. The van der Waals surface area contributed by atoms with Crippen LogP contribution in [-0.4, -0.2) is 20.9 Å². The van der Waals surface area contributed by atoms with Crippen LogP contribution in [0.1, 0.15) is 40.9 Å². The number of anilines is 1. The van der Waals surface area contributed by atoms with E-state index >= 15 is 0 Å². The van der Waals surface area contributed by atoms with Gasteiger partial charge in [-0.1, -0.05) is 26.0 Å². The van der Waals surface area contributed by atoms with Crippen molar-refractivity contribution < 1.29 is 13.2 Å². The zero-order chi connectivity index (χ0) is 19.5. The third-order valence-corrected chi connectivity index (χ3v) is 5.29. The normalized spacial score (nSPS) is 11.5. The Kier molecular flexibility index (Phi) is 6.08. The van der Waals surface area contributed by atoms with Crippen LogP contribution in [0, 0.1) is 26.7 Å². The van der Waals surface area contributed by atoms with Crippen molar-refractivity contribution in [2.75, 3.05) is 11.3 Å². The second-order valence-electron chi connectivity index (χ2n) is 7.06. The van der Waals surface area contributed by atoms with E-state index in [0.717, 1.165) is 16.7 Å².